The lowest BCUT2D eigenvalue weighted by Crippen LogP contribution is -2.41. The standard InChI is InChI=1S/C25H32N2O6S/c1-6-8-18-9-11-19(12-10-18)33-14-13-26-25(28)24-17(3)20-15-22(31-4)23(32-5)16-21(20)27(7-2)34(24,29)30/h9-12,15-16H,6-8,13-14H2,1-5H3,(H,26,28). The van der Waals surface area contributed by atoms with Gasteiger partial charge in [-0.2, -0.15) is 0 Å². The van der Waals surface area contributed by atoms with Crippen LogP contribution >= 0.6 is 0 Å². The van der Waals surface area contributed by atoms with E-state index in [4.69, 9.17) is 14.2 Å². The third-order valence-electron chi connectivity index (χ3n) is 5.68. The van der Waals surface area contributed by atoms with Crippen LogP contribution in [-0.4, -0.2) is 48.2 Å². The third kappa shape index (κ3) is 4.99. The van der Waals surface area contributed by atoms with Gasteiger partial charge in [-0.05, 0) is 49.6 Å². The molecule has 1 heterocycles. The number of anilines is 1. The van der Waals surface area contributed by atoms with Crippen molar-refractivity contribution in [2.45, 2.75) is 33.6 Å². The van der Waals surface area contributed by atoms with E-state index in [9.17, 15) is 13.2 Å². The summed E-state index contributed by atoms with van der Waals surface area (Å²) < 4.78 is 44.3. The van der Waals surface area contributed by atoms with E-state index in [1.807, 2.05) is 24.3 Å². The van der Waals surface area contributed by atoms with E-state index in [1.165, 1.54) is 24.1 Å². The van der Waals surface area contributed by atoms with Crippen molar-refractivity contribution in [1.29, 1.82) is 0 Å². The summed E-state index contributed by atoms with van der Waals surface area (Å²) in [4.78, 5) is 12.7. The van der Waals surface area contributed by atoms with Gasteiger partial charge in [-0.1, -0.05) is 25.5 Å². The van der Waals surface area contributed by atoms with Crippen LogP contribution in [0.4, 0.5) is 5.69 Å². The Balaban J connectivity index is 1.79. The zero-order chi connectivity index (χ0) is 24.9. The number of rotatable bonds is 10. The molecule has 0 saturated carbocycles. The van der Waals surface area contributed by atoms with Crippen LogP contribution < -0.4 is 23.8 Å². The quantitative estimate of drug-likeness (QED) is 0.512. The molecule has 2 aromatic rings. The van der Waals surface area contributed by atoms with Gasteiger partial charge in [0, 0.05) is 18.2 Å². The number of carbonyl (C=O) groups is 1. The number of hydrogen-bond donors (Lipinski definition) is 1. The normalized spacial score (nSPS) is 14.4. The van der Waals surface area contributed by atoms with Crippen molar-refractivity contribution in [3.05, 3.63) is 52.4 Å². The van der Waals surface area contributed by atoms with Crippen molar-refractivity contribution in [3.63, 3.8) is 0 Å². The molecular weight excluding hydrogens is 456 g/mol. The van der Waals surface area contributed by atoms with Crippen molar-refractivity contribution in [3.8, 4) is 17.2 Å². The number of carbonyl (C=O) groups excluding carboxylic acids is 1. The molecule has 0 unspecified atom stereocenters. The van der Waals surface area contributed by atoms with Crippen LogP contribution in [0.25, 0.3) is 5.57 Å². The van der Waals surface area contributed by atoms with Gasteiger partial charge in [0.1, 0.15) is 12.4 Å². The molecule has 34 heavy (non-hydrogen) atoms. The number of ether oxygens (including phenoxy) is 3. The molecule has 0 spiro atoms. The summed E-state index contributed by atoms with van der Waals surface area (Å²) in [6.45, 7) is 6.00. The van der Waals surface area contributed by atoms with Gasteiger partial charge < -0.3 is 19.5 Å². The molecule has 3 rings (SSSR count). The van der Waals surface area contributed by atoms with E-state index < -0.39 is 15.9 Å². The van der Waals surface area contributed by atoms with E-state index in [0.29, 0.717) is 34.1 Å². The highest BCUT2D eigenvalue weighted by atomic mass is 32.2. The average molecular weight is 489 g/mol. The maximum atomic E-state index is 13.4. The second-order valence-electron chi connectivity index (χ2n) is 7.85. The van der Waals surface area contributed by atoms with E-state index in [-0.39, 0.29) is 24.6 Å². The molecule has 184 valence electrons. The Morgan fingerprint density at radius 2 is 1.68 bits per heavy atom. The molecule has 0 radical (unpaired) electrons. The highest BCUT2D eigenvalue weighted by molar-refractivity contribution is 7.97. The number of hydrogen-bond acceptors (Lipinski definition) is 6. The molecule has 0 aromatic heterocycles. The van der Waals surface area contributed by atoms with Crippen molar-refractivity contribution in [1.82, 2.24) is 5.32 Å². The molecule has 0 atom stereocenters. The Morgan fingerprint density at radius 3 is 2.26 bits per heavy atom. The summed E-state index contributed by atoms with van der Waals surface area (Å²) in [5, 5.41) is 2.68. The molecule has 1 amide bonds. The molecular formula is C25H32N2O6S. The summed E-state index contributed by atoms with van der Waals surface area (Å²) in [5.74, 6) is 0.893. The topological polar surface area (TPSA) is 94.2 Å². The number of nitrogens with zero attached hydrogens (tertiary/aromatic N) is 1. The van der Waals surface area contributed by atoms with Crippen molar-refractivity contribution < 1.29 is 27.4 Å². The number of benzene rings is 2. The SMILES string of the molecule is CCCc1ccc(OCCNC(=O)C2=C(C)c3cc(OC)c(OC)cc3N(CC)S2(=O)=O)cc1. The zero-order valence-electron chi connectivity index (χ0n) is 20.3. The number of methoxy groups -OCH3 is 2. The molecule has 8 nitrogen and oxygen atoms in total. The lowest BCUT2D eigenvalue weighted by atomic mass is 10.0. The highest BCUT2D eigenvalue weighted by Gasteiger charge is 2.39. The van der Waals surface area contributed by atoms with E-state index in [0.717, 1.165) is 12.8 Å². The fourth-order valence-corrected chi connectivity index (χ4v) is 5.79. The Labute approximate surface area is 201 Å². The van der Waals surface area contributed by atoms with Crippen LogP contribution in [0.1, 0.15) is 38.3 Å². The van der Waals surface area contributed by atoms with Crippen molar-refractivity contribution in [2.75, 3.05) is 38.2 Å². The predicted octanol–water partition coefficient (Wildman–Crippen LogP) is 3.75. The van der Waals surface area contributed by atoms with Crippen molar-refractivity contribution >= 4 is 27.2 Å². The van der Waals surface area contributed by atoms with Crippen LogP contribution in [0, 0.1) is 0 Å². The first-order chi connectivity index (χ1) is 16.3. The van der Waals surface area contributed by atoms with Gasteiger partial charge in [-0.15, -0.1) is 0 Å². The first-order valence-corrected chi connectivity index (χ1v) is 12.7. The fraction of sp³-hybridized carbons (Fsp3) is 0.400. The average Bonchev–Trinajstić information content (AvgIpc) is 2.82. The largest absolute Gasteiger partial charge is 0.493 e. The molecule has 1 aliphatic heterocycles. The van der Waals surface area contributed by atoms with Crippen LogP contribution in [0.5, 0.6) is 17.2 Å². The van der Waals surface area contributed by atoms with Crippen LogP contribution in [0.3, 0.4) is 0 Å². The van der Waals surface area contributed by atoms with Gasteiger partial charge in [-0.3, -0.25) is 9.10 Å². The van der Waals surface area contributed by atoms with Gasteiger partial charge in [0.25, 0.3) is 15.9 Å². The highest BCUT2D eigenvalue weighted by Crippen LogP contribution is 2.44. The van der Waals surface area contributed by atoms with Gasteiger partial charge in [0.2, 0.25) is 0 Å². The molecule has 1 aliphatic rings. The first-order valence-electron chi connectivity index (χ1n) is 11.3. The summed E-state index contributed by atoms with van der Waals surface area (Å²) in [6.07, 6.45) is 2.08. The Bertz CT molecular complexity index is 1170. The minimum atomic E-state index is -4.06. The smallest absolute Gasteiger partial charge is 0.270 e. The number of allylic oxidation sites excluding steroid dienone is 1. The Hall–Kier alpha value is -3.20. The lowest BCUT2D eigenvalue weighted by Gasteiger charge is -2.32. The molecule has 1 N–H and O–H groups in total. The second-order valence-corrected chi connectivity index (χ2v) is 9.65. The van der Waals surface area contributed by atoms with Crippen LogP contribution in [-0.2, 0) is 21.2 Å². The Kier molecular flexibility index (Phi) is 8.09. The van der Waals surface area contributed by atoms with Gasteiger partial charge in [0.05, 0.1) is 26.5 Å². The second kappa shape index (κ2) is 10.8. The maximum absolute atomic E-state index is 13.4. The molecule has 0 fully saturated rings. The molecule has 0 bridgehead atoms. The predicted molar refractivity (Wildman–Crippen MR) is 133 cm³/mol. The Morgan fingerprint density at radius 1 is 1.03 bits per heavy atom. The number of amides is 1. The number of fused-ring (bicyclic) bond motifs is 1. The minimum Gasteiger partial charge on any atom is -0.493 e. The van der Waals surface area contributed by atoms with Gasteiger partial charge in [0.15, 0.2) is 16.4 Å². The summed E-state index contributed by atoms with van der Waals surface area (Å²) in [5.41, 5.74) is 2.64. The molecule has 9 heteroatoms. The van der Waals surface area contributed by atoms with Gasteiger partial charge in [-0.25, -0.2) is 8.42 Å². The molecule has 0 aliphatic carbocycles. The summed E-state index contributed by atoms with van der Waals surface area (Å²) in [6, 6.07) is 11.1. The van der Waals surface area contributed by atoms with Gasteiger partial charge >= 0.3 is 0 Å². The number of aryl methyl sites for hydroxylation is 1. The maximum Gasteiger partial charge on any atom is 0.270 e. The van der Waals surface area contributed by atoms with E-state index >= 15 is 0 Å². The number of sulfonamides is 1. The fourth-order valence-electron chi connectivity index (χ4n) is 4.01. The summed E-state index contributed by atoms with van der Waals surface area (Å²) in [7, 11) is -1.06. The first kappa shape index (κ1) is 25.4. The summed E-state index contributed by atoms with van der Waals surface area (Å²) >= 11 is 0. The minimum absolute atomic E-state index is 0.159. The zero-order valence-corrected chi connectivity index (χ0v) is 21.1. The molecule has 2 aromatic carbocycles. The van der Waals surface area contributed by atoms with Crippen molar-refractivity contribution in [2.24, 2.45) is 0 Å². The van der Waals surface area contributed by atoms with Crippen LogP contribution in [0.2, 0.25) is 0 Å². The molecule has 0 saturated heterocycles. The van der Waals surface area contributed by atoms with E-state index in [1.54, 1.807) is 26.0 Å². The lowest BCUT2D eigenvalue weighted by molar-refractivity contribution is -0.116. The monoisotopic (exact) mass is 488 g/mol. The van der Waals surface area contributed by atoms with E-state index in [2.05, 4.69) is 12.2 Å². The van der Waals surface area contributed by atoms with Crippen LogP contribution in [0.15, 0.2) is 41.3 Å². The number of nitrogens with one attached hydrogen (secondary N) is 1. The third-order valence-corrected chi connectivity index (χ3v) is 7.72.